The molecule has 2 rings (SSSR count). The van der Waals surface area contributed by atoms with Gasteiger partial charge in [0.1, 0.15) is 6.10 Å². The van der Waals surface area contributed by atoms with Crippen LogP contribution in [0.5, 0.6) is 0 Å². The summed E-state index contributed by atoms with van der Waals surface area (Å²) in [5.41, 5.74) is 0.466. The smallest absolute Gasteiger partial charge is 0.362 e. The van der Waals surface area contributed by atoms with Crippen LogP contribution in [0.1, 0.15) is 150 Å². The first-order chi connectivity index (χ1) is 16.6. The molecule has 0 spiro atoms. The average Bonchev–Trinajstić information content (AvgIpc) is 3.12. The highest BCUT2D eigenvalue weighted by molar-refractivity contribution is 5.71. The fourth-order valence-corrected chi connectivity index (χ4v) is 7.02. The van der Waals surface area contributed by atoms with Crippen LogP contribution in [-0.4, -0.2) is 43.7 Å². The Morgan fingerprint density at radius 1 is 0.771 bits per heavy atom. The van der Waals surface area contributed by atoms with Gasteiger partial charge in [0.15, 0.2) is 6.54 Å². The predicted molar refractivity (Wildman–Crippen MR) is 150 cm³/mol. The number of nitrogens with zero attached hydrogens (tertiary/aromatic N) is 1. The summed E-state index contributed by atoms with van der Waals surface area (Å²) < 4.78 is 6.86. The van der Waals surface area contributed by atoms with Crippen molar-refractivity contribution in [2.75, 3.05) is 27.2 Å². The van der Waals surface area contributed by atoms with Crippen LogP contribution in [0.3, 0.4) is 0 Å². The summed E-state index contributed by atoms with van der Waals surface area (Å²) in [4.78, 5) is 12.8. The van der Waals surface area contributed by atoms with Gasteiger partial charge in [0, 0.05) is 5.41 Å². The molecule has 0 saturated heterocycles. The second-order valence-electron chi connectivity index (χ2n) is 13.7. The Morgan fingerprint density at radius 2 is 1.23 bits per heavy atom. The lowest BCUT2D eigenvalue weighted by Crippen LogP contribution is -2.47. The van der Waals surface area contributed by atoms with Crippen LogP contribution < -0.4 is 0 Å². The molecule has 0 aliphatic heterocycles. The van der Waals surface area contributed by atoms with Gasteiger partial charge < -0.3 is 9.22 Å². The summed E-state index contributed by atoms with van der Waals surface area (Å²) in [6, 6.07) is 0. The number of esters is 1. The second-order valence-corrected chi connectivity index (χ2v) is 13.7. The molecule has 0 radical (unpaired) electrons. The number of likely N-dealkylation sites (N-methyl/N-ethyl adjacent to an activating group) is 1. The maximum absolute atomic E-state index is 12.8. The van der Waals surface area contributed by atoms with Crippen molar-refractivity contribution < 1.29 is 14.0 Å². The molecule has 2 bridgehead atoms. The average molecular weight is 493 g/mol. The van der Waals surface area contributed by atoms with E-state index in [9.17, 15) is 4.79 Å². The van der Waals surface area contributed by atoms with Crippen LogP contribution in [-0.2, 0) is 9.53 Å². The lowest BCUT2D eigenvalue weighted by Gasteiger charge is -2.39. The molecule has 0 aromatic heterocycles. The van der Waals surface area contributed by atoms with E-state index < -0.39 is 0 Å². The summed E-state index contributed by atoms with van der Waals surface area (Å²) >= 11 is 0. The van der Waals surface area contributed by atoms with E-state index in [2.05, 4.69) is 41.8 Å². The second kappa shape index (κ2) is 15.0. The zero-order chi connectivity index (χ0) is 25.8. The van der Waals surface area contributed by atoms with Crippen LogP contribution in [0.15, 0.2) is 0 Å². The van der Waals surface area contributed by atoms with E-state index in [-0.39, 0.29) is 17.5 Å². The fraction of sp³-hybridized carbons (Fsp3) is 0.969. The molecule has 3 heteroatoms. The third kappa shape index (κ3) is 9.67. The molecule has 206 valence electrons. The number of hydrogen-bond acceptors (Lipinski definition) is 2. The molecular weight excluding hydrogens is 430 g/mol. The van der Waals surface area contributed by atoms with E-state index in [0.717, 1.165) is 23.4 Å². The number of carbonyl (C=O) groups is 1. The molecule has 0 amide bonds. The molecule has 0 N–H and O–H groups in total. The van der Waals surface area contributed by atoms with Crippen molar-refractivity contribution in [3.63, 3.8) is 0 Å². The Labute approximate surface area is 219 Å². The van der Waals surface area contributed by atoms with Crippen LogP contribution in [0.25, 0.3) is 0 Å². The highest BCUT2D eigenvalue weighted by Gasteiger charge is 2.62. The molecular formula is C32H62NO2+. The highest BCUT2D eigenvalue weighted by atomic mass is 16.5. The third-order valence-corrected chi connectivity index (χ3v) is 10.2. The first-order valence-corrected chi connectivity index (χ1v) is 15.6. The van der Waals surface area contributed by atoms with Gasteiger partial charge in [-0.05, 0) is 43.4 Å². The van der Waals surface area contributed by atoms with Gasteiger partial charge in [0.25, 0.3) is 0 Å². The molecule has 0 aromatic carbocycles. The lowest BCUT2D eigenvalue weighted by molar-refractivity contribution is -0.883. The Bertz CT molecular complexity index is 598. The summed E-state index contributed by atoms with van der Waals surface area (Å²) in [7, 11) is 4.39. The van der Waals surface area contributed by atoms with Crippen LogP contribution >= 0.6 is 0 Å². The minimum atomic E-state index is 0.0149. The van der Waals surface area contributed by atoms with Gasteiger partial charge in [-0.1, -0.05) is 118 Å². The lowest BCUT2D eigenvalue weighted by atomic mass is 9.70. The van der Waals surface area contributed by atoms with Gasteiger partial charge in [-0.25, -0.2) is 4.79 Å². The molecule has 2 saturated carbocycles. The topological polar surface area (TPSA) is 26.3 Å². The fourth-order valence-electron chi connectivity index (χ4n) is 7.02. The van der Waals surface area contributed by atoms with Crippen molar-refractivity contribution >= 4 is 5.97 Å². The number of unbranched alkanes of at least 4 members (excludes halogenated alkanes) is 15. The number of hydrogen-bond donors (Lipinski definition) is 0. The zero-order valence-corrected chi connectivity index (χ0v) is 24.8. The van der Waals surface area contributed by atoms with E-state index in [1.807, 2.05) is 0 Å². The van der Waals surface area contributed by atoms with Crippen molar-refractivity contribution in [2.45, 2.75) is 156 Å². The minimum absolute atomic E-state index is 0.0149. The molecule has 3 nitrogen and oxygen atoms in total. The Hall–Kier alpha value is -0.570. The van der Waals surface area contributed by atoms with Crippen LogP contribution in [0.4, 0.5) is 0 Å². The molecule has 0 aromatic rings. The molecule has 35 heavy (non-hydrogen) atoms. The third-order valence-electron chi connectivity index (χ3n) is 10.2. The standard InChI is InChI=1S/C32H62NO2/c1-7-8-9-10-11-12-13-14-15-16-17-18-19-20-21-22-25-33(5,6)27-30(34)35-29-26-28-23-24-32(29,4)31(28,2)3/h28-29H,7-27H2,1-6H3/q+1/t28-,29-,32-/m0/s1. The van der Waals surface area contributed by atoms with E-state index >= 15 is 0 Å². The number of ether oxygens (including phenoxy) is 1. The minimum Gasteiger partial charge on any atom is -0.458 e. The van der Waals surface area contributed by atoms with Gasteiger partial charge >= 0.3 is 5.97 Å². The Morgan fingerprint density at radius 3 is 1.63 bits per heavy atom. The quantitative estimate of drug-likeness (QED) is 0.0962. The molecule has 2 aliphatic rings. The van der Waals surface area contributed by atoms with E-state index in [4.69, 9.17) is 4.74 Å². The number of rotatable bonds is 20. The van der Waals surface area contributed by atoms with Gasteiger partial charge in [-0.15, -0.1) is 0 Å². The SMILES string of the molecule is CCCCCCCCCCCCCCCCCC[N+](C)(C)CC(=O)O[C@H]1C[C@@H]2CC[C@]1(C)C2(C)C. The molecule has 0 unspecified atom stereocenters. The summed E-state index contributed by atoms with van der Waals surface area (Å²) in [5.74, 6) is 0.735. The van der Waals surface area contributed by atoms with E-state index in [1.165, 1.54) is 116 Å². The van der Waals surface area contributed by atoms with Crippen molar-refractivity contribution in [2.24, 2.45) is 16.7 Å². The summed E-state index contributed by atoms with van der Waals surface area (Å²) in [6.07, 6.45) is 26.1. The van der Waals surface area contributed by atoms with E-state index in [0.29, 0.717) is 12.0 Å². The van der Waals surface area contributed by atoms with Gasteiger partial charge in [0.05, 0.1) is 20.6 Å². The number of carbonyl (C=O) groups excluding carboxylic acids is 1. The molecule has 0 heterocycles. The molecule has 3 atom stereocenters. The summed E-state index contributed by atoms with van der Waals surface area (Å²) in [6.45, 7) is 11.0. The molecule has 2 fully saturated rings. The first-order valence-electron chi connectivity index (χ1n) is 15.6. The Balaban J connectivity index is 1.43. The number of fused-ring (bicyclic) bond motifs is 2. The predicted octanol–water partition coefficient (Wildman–Crippen LogP) is 9.08. The number of quaternary nitrogens is 1. The normalized spacial score (nSPS) is 25.3. The highest BCUT2D eigenvalue weighted by Crippen LogP contribution is 2.66. The monoisotopic (exact) mass is 492 g/mol. The van der Waals surface area contributed by atoms with Crippen molar-refractivity contribution in [1.29, 1.82) is 0 Å². The van der Waals surface area contributed by atoms with Crippen molar-refractivity contribution in [3.05, 3.63) is 0 Å². The zero-order valence-electron chi connectivity index (χ0n) is 24.8. The maximum Gasteiger partial charge on any atom is 0.362 e. The van der Waals surface area contributed by atoms with Crippen molar-refractivity contribution in [3.8, 4) is 0 Å². The van der Waals surface area contributed by atoms with Gasteiger partial charge in [-0.3, -0.25) is 0 Å². The van der Waals surface area contributed by atoms with Crippen LogP contribution in [0, 0.1) is 16.7 Å². The molecule has 2 aliphatic carbocycles. The Kier molecular flexibility index (Phi) is 13.1. The van der Waals surface area contributed by atoms with Crippen LogP contribution in [0.2, 0.25) is 0 Å². The van der Waals surface area contributed by atoms with Gasteiger partial charge in [-0.2, -0.15) is 0 Å². The van der Waals surface area contributed by atoms with Gasteiger partial charge in [0.2, 0.25) is 0 Å². The maximum atomic E-state index is 12.8. The first kappa shape index (κ1) is 30.7. The van der Waals surface area contributed by atoms with Crippen molar-refractivity contribution in [1.82, 2.24) is 0 Å². The largest absolute Gasteiger partial charge is 0.458 e. The van der Waals surface area contributed by atoms with E-state index in [1.54, 1.807) is 0 Å². The summed E-state index contributed by atoms with van der Waals surface area (Å²) in [5, 5.41) is 0.